The number of H-pyrrole nitrogens is 1. The van der Waals surface area contributed by atoms with Crippen molar-refractivity contribution in [1.29, 1.82) is 0 Å². The first kappa shape index (κ1) is 14.0. The molecule has 1 saturated heterocycles. The summed E-state index contributed by atoms with van der Waals surface area (Å²) in [5.74, 6) is -0.0687. The molecule has 1 aliphatic heterocycles. The number of amides is 1. The van der Waals surface area contributed by atoms with Gasteiger partial charge in [0.05, 0.1) is 40.6 Å². The normalized spacial score (nSPS) is 23.2. The van der Waals surface area contributed by atoms with Crippen LogP contribution in [0.2, 0.25) is 0 Å². The standard InChI is InChI=1S/C16H19N3O2S/c20-15(12-9-17-19-14(12)13-4-3-7-22-13)18-11-8-16(21-10-11)5-1-2-6-16/h3-4,7,9,11H,1-2,5-6,8,10H2,(H,17,19)(H,18,20). The van der Waals surface area contributed by atoms with Crippen molar-refractivity contribution < 1.29 is 9.53 Å². The Hall–Kier alpha value is -1.66. The summed E-state index contributed by atoms with van der Waals surface area (Å²) in [4.78, 5) is 13.6. The third-order valence-corrected chi connectivity index (χ3v) is 5.60. The van der Waals surface area contributed by atoms with Crippen LogP contribution < -0.4 is 5.32 Å². The van der Waals surface area contributed by atoms with E-state index in [1.165, 1.54) is 12.8 Å². The number of ether oxygens (including phenoxy) is 1. The number of nitrogens with zero attached hydrogens (tertiary/aromatic N) is 1. The van der Waals surface area contributed by atoms with Crippen LogP contribution in [0.15, 0.2) is 23.7 Å². The zero-order valence-corrected chi connectivity index (χ0v) is 13.1. The number of aromatic amines is 1. The van der Waals surface area contributed by atoms with Crippen LogP contribution in [0.1, 0.15) is 42.5 Å². The van der Waals surface area contributed by atoms with Crippen LogP contribution in [0.25, 0.3) is 10.6 Å². The minimum absolute atomic E-state index is 0.0327. The first-order chi connectivity index (χ1) is 10.8. The van der Waals surface area contributed by atoms with Crippen molar-refractivity contribution in [2.45, 2.75) is 43.7 Å². The van der Waals surface area contributed by atoms with Crippen LogP contribution in [0.5, 0.6) is 0 Å². The molecular weight excluding hydrogens is 298 g/mol. The maximum absolute atomic E-state index is 12.6. The topological polar surface area (TPSA) is 67.0 Å². The number of carbonyl (C=O) groups excluding carboxylic acids is 1. The Morgan fingerprint density at radius 3 is 3.09 bits per heavy atom. The molecule has 2 aromatic heterocycles. The Morgan fingerprint density at radius 1 is 1.45 bits per heavy atom. The van der Waals surface area contributed by atoms with Gasteiger partial charge in [-0.05, 0) is 30.7 Å². The van der Waals surface area contributed by atoms with E-state index in [0.717, 1.165) is 29.8 Å². The summed E-state index contributed by atoms with van der Waals surface area (Å²) >= 11 is 1.59. The molecule has 1 saturated carbocycles. The quantitative estimate of drug-likeness (QED) is 0.914. The fraction of sp³-hybridized carbons (Fsp3) is 0.500. The average molecular weight is 317 g/mol. The zero-order chi connectivity index (χ0) is 15.0. The van der Waals surface area contributed by atoms with Crippen LogP contribution in [0, 0.1) is 0 Å². The van der Waals surface area contributed by atoms with Crippen molar-refractivity contribution in [2.24, 2.45) is 0 Å². The molecule has 0 bridgehead atoms. The molecule has 1 spiro atoms. The van der Waals surface area contributed by atoms with Crippen LogP contribution in [0.3, 0.4) is 0 Å². The molecule has 116 valence electrons. The lowest BCUT2D eigenvalue weighted by molar-refractivity contribution is 0.00988. The van der Waals surface area contributed by atoms with Crippen LogP contribution in [0.4, 0.5) is 0 Å². The molecule has 0 radical (unpaired) electrons. The van der Waals surface area contributed by atoms with E-state index in [4.69, 9.17) is 4.74 Å². The molecule has 2 fully saturated rings. The number of rotatable bonds is 3. The van der Waals surface area contributed by atoms with Crippen molar-refractivity contribution in [1.82, 2.24) is 15.5 Å². The molecule has 1 aliphatic carbocycles. The fourth-order valence-electron chi connectivity index (χ4n) is 3.63. The van der Waals surface area contributed by atoms with Crippen molar-refractivity contribution >= 4 is 17.2 Å². The average Bonchev–Trinajstić information content (AvgIpc) is 3.27. The SMILES string of the molecule is O=C(NC1COC2(CCCC2)C1)c1cn[nH]c1-c1cccs1. The molecule has 2 aromatic rings. The van der Waals surface area contributed by atoms with E-state index < -0.39 is 0 Å². The Kier molecular flexibility index (Phi) is 3.50. The minimum Gasteiger partial charge on any atom is -0.373 e. The summed E-state index contributed by atoms with van der Waals surface area (Å²) < 4.78 is 6.00. The molecular formula is C16H19N3O2S. The summed E-state index contributed by atoms with van der Waals surface area (Å²) in [5, 5.41) is 12.1. The van der Waals surface area contributed by atoms with Gasteiger partial charge in [-0.15, -0.1) is 11.3 Å². The Balaban J connectivity index is 1.46. The predicted octanol–water partition coefficient (Wildman–Crippen LogP) is 2.97. The summed E-state index contributed by atoms with van der Waals surface area (Å²) in [7, 11) is 0. The lowest BCUT2D eigenvalue weighted by atomic mass is 9.96. The highest BCUT2D eigenvalue weighted by atomic mass is 32.1. The van der Waals surface area contributed by atoms with Gasteiger partial charge in [0.25, 0.3) is 5.91 Å². The van der Waals surface area contributed by atoms with Gasteiger partial charge in [-0.1, -0.05) is 18.9 Å². The van der Waals surface area contributed by atoms with E-state index in [-0.39, 0.29) is 17.6 Å². The molecule has 4 rings (SSSR count). The van der Waals surface area contributed by atoms with Gasteiger partial charge in [-0.2, -0.15) is 5.10 Å². The monoisotopic (exact) mass is 317 g/mol. The molecule has 2 N–H and O–H groups in total. The van der Waals surface area contributed by atoms with Crippen LogP contribution in [-0.2, 0) is 4.74 Å². The van der Waals surface area contributed by atoms with Crippen molar-refractivity contribution in [2.75, 3.05) is 6.61 Å². The first-order valence-electron chi connectivity index (χ1n) is 7.78. The van der Waals surface area contributed by atoms with E-state index in [9.17, 15) is 4.79 Å². The number of hydrogen-bond acceptors (Lipinski definition) is 4. The number of carbonyl (C=O) groups is 1. The van der Waals surface area contributed by atoms with Gasteiger partial charge >= 0.3 is 0 Å². The van der Waals surface area contributed by atoms with E-state index in [1.54, 1.807) is 17.5 Å². The second kappa shape index (κ2) is 5.52. The highest BCUT2D eigenvalue weighted by molar-refractivity contribution is 7.13. The third-order valence-electron chi connectivity index (χ3n) is 4.71. The minimum atomic E-state index is -0.0687. The second-order valence-electron chi connectivity index (χ2n) is 6.21. The Labute approximate surface area is 133 Å². The summed E-state index contributed by atoms with van der Waals surface area (Å²) in [5.41, 5.74) is 1.43. The van der Waals surface area contributed by atoms with Crippen LogP contribution >= 0.6 is 11.3 Å². The fourth-order valence-corrected chi connectivity index (χ4v) is 4.37. The Bertz CT molecular complexity index is 659. The maximum atomic E-state index is 12.6. The molecule has 22 heavy (non-hydrogen) atoms. The van der Waals surface area contributed by atoms with E-state index in [2.05, 4.69) is 15.5 Å². The lowest BCUT2D eigenvalue weighted by Crippen LogP contribution is -2.36. The molecule has 3 heterocycles. The highest BCUT2D eigenvalue weighted by Crippen LogP contribution is 2.41. The molecule has 0 aromatic carbocycles. The molecule has 5 nitrogen and oxygen atoms in total. The molecule has 1 unspecified atom stereocenters. The highest BCUT2D eigenvalue weighted by Gasteiger charge is 2.42. The molecule has 6 heteroatoms. The number of hydrogen-bond donors (Lipinski definition) is 2. The van der Waals surface area contributed by atoms with Gasteiger partial charge in [0.1, 0.15) is 0 Å². The second-order valence-corrected chi connectivity index (χ2v) is 7.16. The van der Waals surface area contributed by atoms with Gasteiger partial charge in [-0.3, -0.25) is 9.89 Å². The summed E-state index contributed by atoms with van der Waals surface area (Å²) in [6.07, 6.45) is 7.28. The number of aromatic nitrogens is 2. The Morgan fingerprint density at radius 2 is 2.32 bits per heavy atom. The smallest absolute Gasteiger partial charge is 0.255 e. The van der Waals surface area contributed by atoms with Crippen molar-refractivity contribution in [3.8, 4) is 10.6 Å². The van der Waals surface area contributed by atoms with Gasteiger partial charge in [0, 0.05) is 0 Å². The molecule has 2 aliphatic rings. The zero-order valence-electron chi connectivity index (χ0n) is 12.3. The van der Waals surface area contributed by atoms with Gasteiger partial charge in [0.15, 0.2) is 0 Å². The van der Waals surface area contributed by atoms with Gasteiger partial charge in [0.2, 0.25) is 0 Å². The van der Waals surface area contributed by atoms with E-state index in [1.807, 2.05) is 17.5 Å². The third kappa shape index (κ3) is 2.46. The largest absolute Gasteiger partial charge is 0.373 e. The van der Waals surface area contributed by atoms with Crippen molar-refractivity contribution in [3.05, 3.63) is 29.3 Å². The maximum Gasteiger partial charge on any atom is 0.255 e. The van der Waals surface area contributed by atoms with Gasteiger partial charge < -0.3 is 10.1 Å². The van der Waals surface area contributed by atoms with Gasteiger partial charge in [-0.25, -0.2) is 0 Å². The van der Waals surface area contributed by atoms with E-state index >= 15 is 0 Å². The predicted molar refractivity (Wildman–Crippen MR) is 84.9 cm³/mol. The molecule has 1 amide bonds. The lowest BCUT2D eigenvalue weighted by Gasteiger charge is -2.21. The number of nitrogens with one attached hydrogen (secondary N) is 2. The number of thiophene rings is 1. The first-order valence-corrected chi connectivity index (χ1v) is 8.66. The summed E-state index contributed by atoms with van der Waals surface area (Å²) in [6.45, 7) is 0.623. The van der Waals surface area contributed by atoms with Crippen molar-refractivity contribution in [3.63, 3.8) is 0 Å². The van der Waals surface area contributed by atoms with E-state index in [0.29, 0.717) is 12.2 Å². The molecule has 1 atom stereocenters. The summed E-state index contributed by atoms with van der Waals surface area (Å²) in [6, 6.07) is 4.06. The van der Waals surface area contributed by atoms with Crippen LogP contribution in [-0.4, -0.2) is 34.4 Å².